The molecule has 0 aliphatic carbocycles. The summed E-state index contributed by atoms with van der Waals surface area (Å²) >= 11 is 0. The Morgan fingerprint density at radius 3 is 0.500 bits per heavy atom. The van der Waals surface area contributed by atoms with E-state index in [1.807, 2.05) is 0 Å². The van der Waals surface area contributed by atoms with Gasteiger partial charge in [0.2, 0.25) is 0 Å². The van der Waals surface area contributed by atoms with Gasteiger partial charge < -0.3 is 118 Å². The summed E-state index contributed by atoms with van der Waals surface area (Å²) in [7, 11) is -29.6. The minimum Gasteiger partial charge on any atom is -0.756 e. The number of rotatable bonds is 27. The standard InChI is InChI=1S/2C6H18NO12P3.3C2H7NO.6Na/c2*8-20(9,10)17-4-1-7(2-5-18-21(11,12)13)3-6-19-22(14,15)16;3*3-1-2-4;;;;;;/h2*1-6H2,(H2,8,9,10)(H2,11,12,13)(H2,14,15,16);3*4H,1-3H2;;;;;;/q;;;;;6*+1/p-6. The van der Waals surface area contributed by atoms with E-state index < -0.39 is 86.6 Å². The third-order valence-electron chi connectivity index (χ3n) is 4.36. The molecule has 0 spiro atoms. The SMILES string of the molecule is NCCO.NCCO.NCCO.O=P([O-])(O)OCCN(CCOP(=O)([O-])O)CCOP(=O)([O-])O.O=P([O-])(O)OCCN(CCOP(=O)([O-])O)CCOP(=O)([O-])O.[Na+].[Na+].[Na+].[Na+].[Na+].[Na+]. The molecular formula is C18H51N5Na6O27P6. The first-order valence-corrected chi connectivity index (χ1v) is 23.8. The normalized spacial score (nSPS) is 15.9. The van der Waals surface area contributed by atoms with Gasteiger partial charge in [-0.3, -0.25) is 37.2 Å². The first-order chi connectivity index (χ1) is 25.3. The molecule has 0 aliphatic rings. The summed E-state index contributed by atoms with van der Waals surface area (Å²) in [4.78, 5) is 115. The Bertz CT molecular complexity index is 987. The van der Waals surface area contributed by atoms with Crippen LogP contribution in [0.3, 0.4) is 0 Å². The van der Waals surface area contributed by atoms with Gasteiger partial charge in [-0.25, -0.2) is 0 Å². The topological polar surface area (TPSA) is 563 Å². The number of phosphoric acid groups is 6. The van der Waals surface area contributed by atoms with Crippen molar-refractivity contribution in [2.75, 3.05) is 118 Å². The van der Waals surface area contributed by atoms with Crippen molar-refractivity contribution in [3.8, 4) is 0 Å². The molecule has 0 aromatic rings. The Hall–Kier alpha value is 6.34. The Labute approximate surface area is 491 Å². The van der Waals surface area contributed by atoms with Gasteiger partial charge in [0, 0.05) is 58.9 Å². The zero-order valence-electron chi connectivity index (χ0n) is 35.4. The van der Waals surface area contributed by atoms with Crippen molar-refractivity contribution in [3.05, 3.63) is 0 Å². The quantitative estimate of drug-likeness (QED) is 0.0268. The molecule has 6 unspecified atom stereocenters. The van der Waals surface area contributed by atoms with Gasteiger partial charge in [0.1, 0.15) is 0 Å². The molecule has 0 aliphatic heterocycles. The molecule has 6 atom stereocenters. The van der Waals surface area contributed by atoms with E-state index in [-0.39, 0.29) is 236 Å². The summed E-state index contributed by atoms with van der Waals surface area (Å²) in [6, 6.07) is 0. The number of aliphatic hydroxyl groups is 3. The van der Waals surface area contributed by atoms with Crippen molar-refractivity contribution in [1.82, 2.24) is 9.80 Å². The van der Waals surface area contributed by atoms with Crippen LogP contribution in [0.25, 0.3) is 0 Å². The number of aliphatic hydroxyl groups excluding tert-OH is 3. The molecule has 346 valence electrons. The zero-order chi connectivity index (χ0) is 45.1. The summed E-state index contributed by atoms with van der Waals surface area (Å²) < 4.78 is 86.6. The Morgan fingerprint density at radius 1 is 0.339 bits per heavy atom. The Kier molecular flexibility index (Phi) is 86.1. The predicted molar refractivity (Wildman–Crippen MR) is 176 cm³/mol. The number of hydrogen-bond donors (Lipinski definition) is 12. The summed E-state index contributed by atoms with van der Waals surface area (Å²) in [6.07, 6.45) is 0. The molecule has 0 saturated heterocycles. The van der Waals surface area contributed by atoms with E-state index in [4.69, 9.17) is 61.9 Å². The molecule has 0 rings (SSSR count). The maximum Gasteiger partial charge on any atom is 1.00 e. The fraction of sp³-hybridized carbons (Fsp3) is 1.00. The van der Waals surface area contributed by atoms with Crippen LogP contribution in [0.5, 0.6) is 0 Å². The fourth-order valence-corrected chi connectivity index (χ4v) is 4.26. The third-order valence-corrected chi connectivity index (χ3v) is 7.41. The molecule has 0 bridgehead atoms. The van der Waals surface area contributed by atoms with Crippen molar-refractivity contribution in [3.63, 3.8) is 0 Å². The summed E-state index contributed by atoms with van der Waals surface area (Å²) in [5.41, 5.74) is 14.3. The molecule has 0 aromatic heterocycles. The van der Waals surface area contributed by atoms with Gasteiger partial charge in [-0.05, 0) is 0 Å². The first-order valence-electron chi connectivity index (χ1n) is 14.8. The molecule has 0 fully saturated rings. The van der Waals surface area contributed by atoms with Crippen molar-refractivity contribution >= 4 is 46.9 Å². The van der Waals surface area contributed by atoms with Gasteiger partial charge in [-0.15, -0.1) is 0 Å². The molecule has 0 radical (unpaired) electrons. The van der Waals surface area contributed by atoms with Crippen LogP contribution in [-0.2, 0) is 54.5 Å². The van der Waals surface area contributed by atoms with E-state index in [0.717, 1.165) is 0 Å². The Balaban J connectivity index is -0.0000000683. The third kappa shape index (κ3) is 107. The van der Waals surface area contributed by atoms with Gasteiger partial charge in [-0.1, -0.05) is 0 Å². The maximum atomic E-state index is 10.4. The monoisotopic (exact) mass is 1090 g/mol. The number of nitrogens with two attached hydrogens (primary N) is 3. The van der Waals surface area contributed by atoms with Crippen LogP contribution in [0.4, 0.5) is 0 Å². The number of nitrogens with zero attached hydrogens (tertiary/aromatic N) is 2. The summed E-state index contributed by atoms with van der Waals surface area (Å²) in [5, 5.41) is 23.2. The molecule has 15 N–H and O–H groups in total. The minimum atomic E-state index is -4.94. The van der Waals surface area contributed by atoms with Crippen LogP contribution in [0.2, 0.25) is 0 Å². The van der Waals surface area contributed by atoms with Crippen LogP contribution in [0.1, 0.15) is 0 Å². The zero-order valence-corrected chi connectivity index (χ0v) is 52.8. The number of phosphoric ester groups is 6. The fourth-order valence-electron chi connectivity index (χ4n) is 2.38. The average Bonchev–Trinajstić information content (AvgIpc) is 3.01. The maximum absolute atomic E-state index is 10.4. The molecular weight excluding hydrogens is 1040 g/mol. The second-order valence-corrected chi connectivity index (χ2v) is 16.2. The van der Waals surface area contributed by atoms with Crippen LogP contribution in [0, 0.1) is 0 Å². The van der Waals surface area contributed by atoms with E-state index in [0.29, 0.717) is 19.6 Å². The molecule has 32 nitrogen and oxygen atoms in total. The van der Waals surface area contributed by atoms with E-state index in [1.165, 1.54) is 9.80 Å². The van der Waals surface area contributed by atoms with E-state index in [2.05, 4.69) is 27.1 Å². The second-order valence-electron chi connectivity index (χ2n) is 9.03. The van der Waals surface area contributed by atoms with E-state index in [1.54, 1.807) is 0 Å². The first kappa shape index (κ1) is 94.3. The van der Waals surface area contributed by atoms with Crippen LogP contribution >= 0.6 is 46.9 Å². The van der Waals surface area contributed by atoms with E-state index in [9.17, 15) is 56.8 Å². The van der Waals surface area contributed by atoms with Crippen molar-refractivity contribution in [2.45, 2.75) is 0 Å². The van der Waals surface area contributed by atoms with Gasteiger partial charge >= 0.3 is 177 Å². The summed E-state index contributed by atoms with van der Waals surface area (Å²) in [5.74, 6) is 0. The smallest absolute Gasteiger partial charge is 0.756 e. The largest absolute Gasteiger partial charge is 1.00 e. The molecule has 0 saturated carbocycles. The van der Waals surface area contributed by atoms with Gasteiger partial charge in [0.25, 0.3) is 46.9 Å². The van der Waals surface area contributed by atoms with Crippen LogP contribution < -0.4 is 224 Å². The molecule has 44 heteroatoms. The minimum absolute atomic E-state index is 0. The summed E-state index contributed by atoms with van der Waals surface area (Å²) in [6.45, 7) is -2.74. The van der Waals surface area contributed by atoms with E-state index >= 15 is 0 Å². The van der Waals surface area contributed by atoms with Crippen molar-refractivity contribution in [1.29, 1.82) is 0 Å². The van der Waals surface area contributed by atoms with Crippen LogP contribution in [-0.4, -0.2) is 173 Å². The van der Waals surface area contributed by atoms with Gasteiger partial charge in [0.15, 0.2) is 0 Å². The number of hydrogen-bond acceptors (Lipinski definition) is 26. The van der Waals surface area contributed by atoms with Crippen molar-refractivity contribution < 1.29 is 306 Å². The second kappa shape index (κ2) is 56.6. The molecule has 0 amide bonds. The van der Waals surface area contributed by atoms with Gasteiger partial charge in [-0.2, -0.15) is 0 Å². The Morgan fingerprint density at radius 2 is 0.435 bits per heavy atom. The predicted octanol–water partition coefficient (Wildman–Crippen LogP) is -27.7. The average molecular weight is 1090 g/mol. The molecule has 0 aromatic carbocycles. The van der Waals surface area contributed by atoms with Crippen LogP contribution in [0.15, 0.2) is 0 Å². The molecule has 0 heterocycles. The molecule has 62 heavy (non-hydrogen) atoms. The van der Waals surface area contributed by atoms with Crippen molar-refractivity contribution in [2.24, 2.45) is 17.2 Å². The van der Waals surface area contributed by atoms with Gasteiger partial charge in [0.05, 0.1) is 59.5 Å².